The van der Waals surface area contributed by atoms with Crippen molar-refractivity contribution in [3.05, 3.63) is 71.0 Å². The normalized spacial score (nSPS) is 32.2. The van der Waals surface area contributed by atoms with Gasteiger partial charge in [0.1, 0.15) is 11.9 Å². The number of carbonyl (C=O) groups is 1. The van der Waals surface area contributed by atoms with E-state index in [4.69, 9.17) is 4.74 Å². The number of carbonyl (C=O) groups excluding carboxylic acids is 1. The molecule has 8 rings (SSSR count). The largest absolute Gasteiger partial charge is 0.504 e. The van der Waals surface area contributed by atoms with E-state index in [-0.39, 0.29) is 42.0 Å². The molecule has 2 heterocycles. The molecule has 5 aliphatic rings. The number of nitrogens with one attached hydrogen (secondary N) is 1. The Morgan fingerprint density at radius 1 is 1.08 bits per heavy atom. The van der Waals surface area contributed by atoms with Gasteiger partial charge in [0.15, 0.2) is 11.5 Å². The number of fused-ring (bicyclic) bond motifs is 1. The number of piperidine rings is 1. The highest BCUT2D eigenvalue weighted by atomic mass is 35.5. The molecule has 1 saturated heterocycles. The van der Waals surface area contributed by atoms with Gasteiger partial charge in [-0.05, 0) is 97.7 Å². The van der Waals surface area contributed by atoms with Gasteiger partial charge in [-0.15, -0.1) is 12.4 Å². The molecule has 39 heavy (non-hydrogen) atoms. The molecule has 0 aromatic heterocycles. The maximum Gasteiger partial charge on any atom is 0.251 e. The van der Waals surface area contributed by atoms with Gasteiger partial charge in [-0.2, -0.15) is 0 Å². The second-order valence-corrected chi connectivity index (χ2v) is 12.1. The van der Waals surface area contributed by atoms with E-state index in [9.17, 15) is 19.4 Å². The Balaban J connectivity index is 0.00000253. The van der Waals surface area contributed by atoms with Gasteiger partial charge in [-0.1, -0.05) is 18.2 Å². The van der Waals surface area contributed by atoms with E-state index in [0.29, 0.717) is 24.2 Å². The predicted molar refractivity (Wildman–Crippen MR) is 147 cm³/mol. The summed E-state index contributed by atoms with van der Waals surface area (Å²) in [7, 11) is 0. The average Bonchev–Trinajstić information content (AvgIpc) is 3.65. The second-order valence-electron chi connectivity index (χ2n) is 12.1. The lowest BCUT2D eigenvalue weighted by Crippen LogP contribution is -2.78. The van der Waals surface area contributed by atoms with Crippen LogP contribution in [0.15, 0.2) is 48.5 Å². The third-order valence-electron chi connectivity index (χ3n) is 10.1. The number of phenols is 1. The number of hydrogen-bond acceptors (Lipinski definition) is 5. The van der Waals surface area contributed by atoms with E-state index in [2.05, 4.69) is 10.2 Å². The molecule has 3 aliphatic carbocycles. The second kappa shape index (κ2) is 8.56. The van der Waals surface area contributed by atoms with E-state index in [1.54, 1.807) is 30.3 Å². The number of phenolic OH excluding ortho intramolecular Hbond substituents is 1. The van der Waals surface area contributed by atoms with E-state index >= 15 is 0 Å². The summed E-state index contributed by atoms with van der Waals surface area (Å²) < 4.78 is 20.2. The van der Waals surface area contributed by atoms with Gasteiger partial charge in [-0.3, -0.25) is 9.69 Å². The maximum atomic E-state index is 13.6. The van der Waals surface area contributed by atoms with Crippen molar-refractivity contribution in [3.8, 4) is 11.5 Å². The summed E-state index contributed by atoms with van der Waals surface area (Å²) in [4.78, 5) is 16.0. The van der Waals surface area contributed by atoms with Crippen LogP contribution in [-0.4, -0.2) is 57.9 Å². The molecule has 1 spiro atoms. The van der Waals surface area contributed by atoms with E-state index < -0.39 is 17.1 Å². The van der Waals surface area contributed by atoms with E-state index in [1.807, 2.05) is 6.07 Å². The third kappa shape index (κ3) is 3.42. The first-order chi connectivity index (χ1) is 18.4. The topological polar surface area (TPSA) is 82.0 Å². The van der Waals surface area contributed by atoms with Gasteiger partial charge >= 0.3 is 0 Å². The molecule has 3 fully saturated rings. The number of rotatable bonds is 4. The molecule has 1 unspecified atom stereocenters. The van der Waals surface area contributed by atoms with Crippen LogP contribution in [0.3, 0.4) is 0 Å². The number of benzene rings is 3. The Labute approximate surface area is 232 Å². The van der Waals surface area contributed by atoms with Crippen LogP contribution in [0.4, 0.5) is 4.39 Å². The van der Waals surface area contributed by atoms with Crippen LogP contribution in [-0.2, 0) is 11.8 Å². The van der Waals surface area contributed by atoms with Crippen LogP contribution >= 0.6 is 12.4 Å². The van der Waals surface area contributed by atoms with Gasteiger partial charge in [-0.25, -0.2) is 4.39 Å². The first-order valence-electron chi connectivity index (χ1n) is 13.9. The molecule has 1 amide bonds. The van der Waals surface area contributed by atoms with Crippen LogP contribution in [0.5, 0.6) is 11.5 Å². The molecule has 204 valence electrons. The molecule has 2 aliphatic heterocycles. The number of aromatic hydroxyl groups is 1. The van der Waals surface area contributed by atoms with Crippen LogP contribution in [0, 0.1) is 11.7 Å². The van der Waals surface area contributed by atoms with Crippen molar-refractivity contribution >= 4 is 29.1 Å². The molecule has 5 atom stereocenters. The molecule has 6 nitrogen and oxygen atoms in total. The Hall–Kier alpha value is -2.87. The lowest BCUT2D eigenvalue weighted by molar-refractivity contribution is -0.191. The lowest BCUT2D eigenvalue weighted by Gasteiger charge is -2.64. The van der Waals surface area contributed by atoms with Gasteiger partial charge in [0.05, 0.1) is 17.1 Å². The van der Waals surface area contributed by atoms with E-state index in [0.717, 1.165) is 53.7 Å². The fourth-order valence-electron chi connectivity index (χ4n) is 8.24. The SMILES string of the molecule is Cl.O=C(N[C@@H]1CC[C@@]2(O)C3Cc4ccc(O)c5c4[C@@]2(CCN3CC2CC2)[C@H]1O5)c1ccc2cc(F)ccc2c1. The van der Waals surface area contributed by atoms with Crippen molar-refractivity contribution in [3.63, 3.8) is 0 Å². The highest BCUT2D eigenvalue weighted by molar-refractivity contribution is 5.98. The summed E-state index contributed by atoms with van der Waals surface area (Å²) in [5.74, 6) is 0.785. The number of amides is 1. The van der Waals surface area contributed by atoms with Gasteiger partial charge < -0.3 is 20.3 Å². The summed E-state index contributed by atoms with van der Waals surface area (Å²) in [6.45, 7) is 1.90. The van der Waals surface area contributed by atoms with Crippen molar-refractivity contribution in [2.45, 2.75) is 67.7 Å². The molecule has 3 aromatic rings. The lowest BCUT2D eigenvalue weighted by atomic mass is 9.48. The molecular formula is C31H32ClFN2O4. The van der Waals surface area contributed by atoms with Gasteiger partial charge in [0.2, 0.25) is 0 Å². The smallest absolute Gasteiger partial charge is 0.251 e. The fourth-order valence-corrected chi connectivity index (χ4v) is 8.24. The van der Waals surface area contributed by atoms with Crippen LogP contribution in [0.2, 0.25) is 0 Å². The number of halogens is 2. The third-order valence-corrected chi connectivity index (χ3v) is 10.1. The summed E-state index contributed by atoms with van der Waals surface area (Å²) in [5.41, 5.74) is 0.951. The minimum Gasteiger partial charge on any atom is -0.504 e. The minimum absolute atomic E-state index is 0. The Bertz CT molecular complexity index is 1510. The number of ether oxygens (including phenoxy) is 1. The fraction of sp³-hybridized carbons (Fsp3) is 0.452. The molecular weight excluding hydrogens is 519 g/mol. The predicted octanol–water partition coefficient (Wildman–Crippen LogP) is 4.47. The number of likely N-dealkylation sites (tertiary alicyclic amines) is 1. The van der Waals surface area contributed by atoms with E-state index in [1.165, 1.54) is 25.0 Å². The first kappa shape index (κ1) is 25.1. The number of hydrogen-bond donors (Lipinski definition) is 3. The summed E-state index contributed by atoms with van der Waals surface area (Å²) >= 11 is 0. The molecule has 8 heteroatoms. The Morgan fingerprint density at radius 3 is 2.69 bits per heavy atom. The Kier molecular flexibility index (Phi) is 5.52. The molecule has 0 radical (unpaired) electrons. The zero-order valence-corrected chi connectivity index (χ0v) is 22.3. The molecule has 2 bridgehead atoms. The van der Waals surface area contributed by atoms with Crippen LogP contribution < -0.4 is 10.1 Å². The standard InChI is InChI=1S/C31H31FN2O4.ClH/c32-22-7-5-18-13-21(4-3-19(18)14-22)29(36)33-23-9-10-31(37)25-15-20-6-8-24(35)27-26(20)30(31,28(23)38-27)11-12-34(25)16-17-1-2-17;/h3-8,13-14,17,23,25,28,35,37H,1-2,9-12,15-16H2,(H,33,36);1H/t23-,25?,28+,30+,31-;/m1./s1. The van der Waals surface area contributed by atoms with Crippen molar-refractivity contribution in [1.82, 2.24) is 10.2 Å². The number of nitrogens with zero attached hydrogens (tertiary/aromatic N) is 1. The minimum atomic E-state index is -0.981. The summed E-state index contributed by atoms with van der Waals surface area (Å²) in [6.07, 6.45) is 4.71. The number of aliphatic hydroxyl groups is 1. The highest BCUT2D eigenvalue weighted by Gasteiger charge is 2.73. The van der Waals surface area contributed by atoms with Crippen LogP contribution in [0.1, 0.15) is 53.6 Å². The van der Waals surface area contributed by atoms with Gasteiger partial charge in [0.25, 0.3) is 5.91 Å². The van der Waals surface area contributed by atoms with Gasteiger partial charge in [0, 0.05) is 23.7 Å². The maximum absolute atomic E-state index is 13.6. The monoisotopic (exact) mass is 550 g/mol. The van der Waals surface area contributed by atoms with Crippen LogP contribution in [0.25, 0.3) is 10.8 Å². The Morgan fingerprint density at radius 2 is 1.87 bits per heavy atom. The van der Waals surface area contributed by atoms with Crippen molar-refractivity contribution in [2.75, 3.05) is 13.1 Å². The van der Waals surface area contributed by atoms with Crippen molar-refractivity contribution in [1.29, 1.82) is 0 Å². The zero-order chi connectivity index (χ0) is 25.8. The zero-order valence-electron chi connectivity index (χ0n) is 21.5. The molecule has 2 saturated carbocycles. The average molecular weight is 551 g/mol. The first-order valence-corrected chi connectivity index (χ1v) is 13.9. The summed E-state index contributed by atoms with van der Waals surface area (Å²) in [6, 6.07) is 13.2. The van der Waals surface area contributed by atoms with Crippen molar-refractivity contribution in [2.24, 2.45) is 5.92 Å². The molecule has 3 N–H and O–H groups in total. The summed E-state index contributed by atoms with van der Waals surface area (Å²) in [5, 5.41) is 28.1. The van der Waals surface area contributed by atoms with Crippen molar-refractivity contribution < 1.29 is 24.1 Å². The highest BCUT2D eigenvalue weighted by Crippen LogP contribution is 2.65. The quantitative estimate of drug-likeness (QED) is 0.446. The molecule has 3 aromatic carbocycles.